The Kier molecular flexibility index (Phi) is 8.54. The number of aliphatic hydroxyl groups excluding tert-OH is 1. The lowest BCUT2D eigenvalue weighted by atomic mass is 9.81. The van der Waals surface area contributed by atoms with Crippen molar-refractivity contribution in [1.29, 1.82) is 0 Å². The first kappa shape index (κ1) is 25.3. The third-order valence-corrected chi connectivity index (χ3v) is 7.64. The Morgan fingerprint density at radius 2 is 2.14 bits per heavy atom. The number of thioether (sulfide) groups is 1. The predicted molar refractivity (Wildman–Crippen MR) is 133 cm³/mol. The molecular formula is C26H30FN3O4S. The predicted octanol–water partition coefficient (Wildman–Crippen LogP) is 4.41. The molecule has 0 bridgehead atoms. The van der Waals surface area contributed by atoms with Gasteiger partial charge in [0.25, 0.3) is 0 Å². The molecule has 1 aliphatic heterocycles. The van der Waals surface area contributed by atoms with E-state index in [0.717, 1.165) is 29.4 Å². The van der Waals surface area contributed by atoms with Crippen LogP contribution in [0.3, 0.4) is 0 Å². The number of carboxylic acid groups (broad SMARTS) is 1. The molecule has 3 aromatic rings. The van der Waals surface area contributed by atoms with Crippen molar-refractivity contribution < 1.29 is 24.1 Å². The molecule has 2 aromatic heterocycles. The van der Waals surface area contributed by atoms with E-state index in [1.54, 1.807) is 25.6 Å². The van der Waals surface area contributed by atoms with Crippen LogP contribution < -0.4 is 4.74 Å². The number of hydrogen-bond donors (Lipinski definition) is 2. The van der Waals surface area contributed by atoms with Gasteiger partial charge < -0.3 is 19.8 Å². The maximum absolute atomic E-state index is 13.8. The number of aliphatic hydroxyl groups is 1. The molecular weight excluding hydrogens is 469 g/mol. The van der Waals surface area contributed by atoms with Gasteiger partial charge in [-0.1, -0.05) is 0 Å². The minimum Gasteiger partial charge on any atom is -0.497 e. The molecule has 0 unspecified atom stereocenters. The summed E-state index contributed by atoms with van der Waals surface area (Å²) in [6.07, 6.45) is 4.37. The number of aromatic nitrogens is 2. The Hall–Kier alpha value is -2.75. The van der Waals surface area contributed by atoms with Crippen LogP contribution in [0.4, 0.5) is 4.39 Å². The van der Waals surface area contributed by atoms with Crippen molar-refractivity contribution in [3.8, 4) is 5.75 Å². The van der Waals surface area contributed by atoms with Crippen LogP contribution in [0, 0.1) is 17.7 Å². The standard InChI is InChI=1S/C26H30FN3O4S/c1-34-18-5-6-23-20(15-18)19(8-11-28-23)24(31)7-4-17-9-12-30(16-21(17)26(32)33)13-14-35-25-22(27)3-2-10-29-25/h2-3,5-6,8,10-11,15,17,21,24,31H,4,7,9,12-14,16H2,1H3,(H,32,33)/t17-,21+,24+/m1/s1. The lowest BCUT2D eigenvalue weighted by Crippen LogP contribution is -2.44. The number of aliphatic carboxylic acids is 1. The molecule has 3 atom stereocenters. The molecule has 4 rings (SSSR count). The fourth-order valence-corrected chi connectivity index (χ4v) is 5.62. The van der Waals surface area contributed by atoms with E-state index in [1.165, 1.54) is 17.8 Å². The van der Waals surface area contributed by atoms with Gasteiger partial charge in [0.15, 0.2) is 5.82 Å². The molecule has 35 heavy (non-hydrogen) atoms. The first-order chi connectivity index (χ1) is 17.0. The zero-order valence-electron chi connectivity index (χ0n) is 19.6. The molecule has 0 radical (unpaired) electrons. The summed E-state index contributed by atoms with van der Waals surface area (Å²) in [6.45, 7) is 1.91. The normalized spacial score (nSPS) is 19.5. The number of pyridine rings is 2. The Balaban J connectivity index is 1.34. The van der Waals surface area contributed by atoms with Gasteiger partial charge >= 0.3 is 5.97 Å². The maximum atomic E-state index is 13.8. The first-order valence-electron chi connectivity index (χ1n) is 11.8. The van der Waals surface area contributed by atoms with Crippen molar-refractivity contribution >= 4 is 28.6 Å². The average Bonchev–Trinajstić information content (AvgIpc) is 2.88. The Morgan fingerprint density at radius 1 is 1.29 bits per heavy atom. The Labute approximate surface area is 208 Å². The fourth-order valence-electron chi connectivity index (χ4n) is 4.74. The van der Waals surface area contributed by atoms with Crippen LogP contribution in [0.15, 0.2) is 53.8 Å². The van der Waals surface area contributed by atoms with Crippen LogP contribution >= 0.6 is 11.8 Å². The van der Waals surface area contributed by atoms with E-state index in [0.29, 0.717) is 42.5 Å². The summed E-state index contributed by atoms with van der Waals surface area (Å²) in [6, 6.07) is 10.3. The van der Waals surface area contributed by atoms with Gasteiger partial charge in [0.2, 0.25) is 0 Å². The molecule has 2 N–H and O–H groups in total. The Morgan fingerprint density at radius 3 is 2.91 bits per heavy atom. The van der Waals surface area contributed by atoms with E-state index in [1.807, 2.05) is 24.3 Å². The van der Waals surface area contributed by atoms with E-state index in [9.17, 15) is 19.4 Å². The van der Waals surface area contributed by atoms with E-state index in [2.05, 4.69) is 14.9 Å². The van der Waals surface area contributed by atoms with E-state index < -0.39 is 18.0 Å². The summed E-state index contributed by atoms with van der Waals surface area (Å²) in [4.78, 5) is 22.6. The highest BCUT2D eigenvalue weighted by atomic mass is 32.2. The molecule has 186 valence electrons. The molecule has 1 saturated heterocycles. The smallest absolute Gasteiger partial charge is 0.308 e. The van der Waals surface area contributed by atoms with Gasteiger partial charge in [-0.2, -0.15) is 0 Å². The van der Waals surface area contributed by atoms with Crippen LogP contribution in [0.1, 0.15) is 30.9 Å². The molecule has 7 nitrogen and oxygen atoms in total. The number of methoxy groups -OCH3 is 1. The van der Waals surface area contributed by atoms with Gasteiger partial charge in [0.05, 0.1) is 24.6 Å². The molecule has 1 aliphatic rings. The van der Waals surface area contributed by atoms with Crippen molar-refractivity contribution in [2.24, 2.45) is 11.8 Å². The quantitative estimate of drug-likeness (QED) is 0.396. The summed E-state index contributed by atoms with van der Waals surface area (Å²) < 4.78 is 19.1. The van der Waals surface area contributed by atoms with Crippen molar-refractivity contribution in [3.63, 3.8) is 0 Å². The lowest BCUT2D eigenvalue weighted by Gasteiger charge is -2.36. The molecule has 1 aromatic carbocycles. The highest BCUT2D eigenvalue weighted by Gasteiger charge is 2.34. The molecule has 3 heterocycles. The number of nitrogens with zero attached hydrogens (tertiary/aromatic N) is 3. The SMILES string of the molecule is COc1ccc2nccc([C@@H](O)CC[C@@H]3CCN(CCSc4ncccc4F)C[C@@H]3C(=O)O)c2c1. The summed E-state index contributed by atoms with van der Waals surface area (Å²) >= 11 is 1.34. The van der Waals surface area contributed by atoms with Crippen molar-refractivity contribution in [1.82, 2.24) is 14.9 Å². The fraction of sp³-hybridized carbons (Fsp3) is 0.423. The number of halogens is 1. The summed E-state index contributed by atoms with van der Waals surface area (Å²) in [5, 5.41) is 22.0. The van der Waals surface area contributed by atoms with Crippen LogP contribution in [0.25, 0.3) is 10.9 Å². The third-order valence-electron chi connectivity index (χ3n) is 6.68. The largest absolute Gasteiger partial charge is 0.497 e. The molecule has 0 spiro atoms. The van der Waals surface area contributed by atoms with E-state index in [4.69, 9.17) is 4.74 Å². The average molecular weight is 500 g/mol. The van der Waals surface area contributed by atoms with Crippen molar-refractivity contribution in [3.05, 3.63) is 60.2 Å². The number of rotatable bonds is 10. The second-order valence-electron chi connectivity index (χ2n) is 8.81. The van der Waals surface area contributed by atoms with Gasteiger partial charge in [0, 0.05) is 36.6 Å². The van der Waals surface area contributed by atoms with Crippen LogP contribution in [-0.4, -0.2) is 63.5 Å². The van der Waals surface area contributed by atoms with Gasteiger partial charge in [-0.05, 0) is 73.7 Å². The molecule has 0 amide bonds. The van der Waals surface area contributed by atoms with Crippen LogP contribution in [0.5, 0.6) is 5.75 Å². The zero-order valence-corrected chi connectivity index (χ0v) is 20.5. The zero-order chi connectivity index (χ0) is 24.8. The second-order valence-corrected chi connectivity index (χ2v) is 9.89. The van der Waals surface area contributed by atoms with Crippen LogP contribution in [-0.2, 0) is 4.79 Å². The van der Waals surface area contributed by atoms with Gasteiger partial charge in [-0.3, -0.25) is 9.78 Å². The number of fused-ring (bicyclic) bond motifs is 1. The van der Waals surface area contributed by atoms with Gasteiger partial charge in [-0.15, -0.1) is 11.8 Å². The monoisotopic (exact) mass is 499 g/mol. The number of carbonyl (C=O) groups is 1. The number of ether oxygens (including phenoxy) is 1. The van der Waals surface area contributed by atoms with E-state index in [-0.39, 0.29) is 11.7 Å². The molecule has 1 fully saturated rings. The number of benzene rings is 1. The lowest BCUT2D eigenvalue weighted by molar-refractivity contribution is -0.146. The maximum Gasteiger partial charge on any atom is 0.308 e. The number of hydrogen-bond acceptors (Lipinski definition) is 7. The number of piperidine rings is 1. The van der Waals surface area contributed by atoms with E-state index >= 15 is 0 Å². The third kappa shape index (κ3) is 6.28. The summed E-state index contributed by atoms with van der Waals surface area (Å²) in [7, 11) is 1.60. The molecule has 0 saturated carbocycles. The highest BCUT2D eigenvalue weighted by Crippen LogP contribution is 2.34. The van der Waals surface area contributed by atoms with Gasteiger partial charge in [-0.25, -0.2) is 9.37 Å². The van der Waals surface area contributed by atoms with Crippen molar-refractivity contribution in [2.75, 3.05) is 32.5 Å². The summed E-state index contributed by atoms with van der Waals surface area (Å²) in [5.41, 5.74) is 1.56. The topological polar surface area (TPSA) is 95.8 Å². The van der Waals surface area contributed by atoms with Crippen LogP contribution in [0.2, 0.25) is 0 Å². The van der Waals surface area contributed by atoms with Gasteiger partial charge in [0.1, 0.15) is 10.8 Å². The van der Waals surface area contributed by atoms with Crippen molar-refractivity contribution in [2.45, 2.75) is 30.4 Å². The molecule has 9 heteroatoms. The second kappa shape index (κ2) is 11.8. The minimum absolute atomic E-state index is 0.0121. The summed E-state index contributed by atoms with van der Waals surface area (Å²) in [5.74, 6) is -0.317. The molecule has 0 aliphatic carbocycles. The Bertz CT molecular complexity index is 1160. The highest BCUT2D eigenvalue weighted by molar-refractivity contribution is 7.99. The number of likely N-dealkylation sites (tertiary alicyclic amines) is 1. The number of carboxylic acids is 1. The minimum atomic E-state index is -0.809. The first-order valence-corrected chi connectivity index (χ1v) is 12.7.